The zero-order chi connectivity index (χ0) is 13.2. The molecule has 0 spiro atoms. The van der Waals surface area contributed by atoms with Crippen LogP contribution in [0.25, 0.3) is 0 Å². The van der Waals surface area contributed by atoms with E-state index in [1.165, 1.54) is 22.7 Å². The maximum atomic E-state index is 12.2. The molecule has 0 atom stereocenters. The van der Waals surface area contributed by atoms with E-state index in [1.54, 1.807) is 17.8 Å². The van der Waals surface area contributed by atoms with Gasteiger partial charge in [0.1, 0.15) is 4.90 Å². The normalized spacial score (nSPS) is 11.9. The van der Waals surface area contributed by atoms with Crippen LogP contribution in [0.2, 0.25) is 0 Å². The van der Waals surface area contributed by atoms with Crippen molar-refractivity contribution in [2.75, 3.05) is 0 Å². The van der Waals surface area contributed by atoms with Gasteiger partial charge in [0.25, 0.3) is 0 Å². The van der Waals surface area contributed by atoms with Crippen LogP contribution in [0.1, 0.15) is 16.1 Å². The minimum atomic E-state index is -3.52. The van der Waals surface area contributed by atoms with Gasteiger partial charge in [0.05, 0.1) is 17.7 Å². The fourth-order valence-corrected chi connectivity index (χ4v) is 4.81. The van der Waals surface area contributed by atoms with Gasteiger partial charge in [-0.15, -0.1) is 22.7 Å². The second-order valence-electron chi connectivity index (χ2n) is 3.68. The average Bonchev–Trinajstić information content (AvgIpc) is 2.95. The van der Waals surface area contributed by atoms with Crippen LogP contribution in [0.4, 0.5) is 0 Å². The molecule has 0 saturated carbocycles. The summed E-state index contributed by atoms with van der Waals surface area (Å²) >= 11 is 2.80. The standard InChI is InChI=1S/C10H13N3O2S3/c1-7-4-17-9(2-11)10(7)18(14,15)13-3-8-5-16-6-12-8/h4-6,13H,2-3,11H2,1H3. The topological polar surface area (TPSA) is 85.1 Å². The highest BCUT2D eigenvalue weighted by molar-refractivity contribution is 7.89. The van der Waals surface area contributed by atoms with Crippen LogP contribution in [-0.4, -0.2) is 13.4 Å². The van der Waals surface area contributed by atoms with E-state index < -0.39 is 10.0 Å². The minimum Gasteiger partial charge on any atom is -0.326 e. The van der Waals surface area contributed by atoms with Crippen molar-refractivity contribution in [1.82, 2.24) is 9.71 Å². The van der Waals surface area contributed by atoms with E-state index in [4.69, 9.17) is 5.73 Å². The van der Waals surface area contributed by atoms with Crippen LogP contribution in [0, 0.1) is 6.92 Å². The fraction of sp³-hybridized carbons (Fsp3) is 0.300. The molecule has 5 nitrogen and oxygen atoms in total. The van der Waals surface area contributed by atoms with Crippen molar-refractivity contribution in [3.8, 4) is 0 Å². The van der Waals surface area contributed by atoms with Crippen molar-refractivity contribution in [2.24, 2.45) is 5.73 Å². The quantitative estimate of drug-likeness (QED) is 0.875. The van der Waals surface area contributed by atoms with E-state index in [9.17, 15) is 8.42 Å². The summed E-state index contributed by atoms with van der Waals surface area (Å²) in [5.74, 6) is 0. The Morgan fingerprint density at radius 1 is 1.44 bits per heavy atom. The number of thiophene rings is 1. The van der Waals surface area contributed by atoms with Gasteiger partial charge in [0, 0.05) is 16.8 Å². The number of aryl methyl sites for hydroxylation is 1. The van der Waals surface area contributed by atoms with E-state index in [2.05, 4.69) is 9.71 Å². The van der Waals surface area contributed by atoms with Crippen molar-refractivity contribution >= 4 is 32.7 Å². The molecule has 0 aliphatic carbocycles. The lowest BCUT2D eigenvalue weighted by Gasteiger charge is -2.07. The van der Waals surface area contributed by atoms with Gasteiger partial charge >= 0.3 is 0 Å². The molecule has 2 rings (SSSR count). The van der Waals surface area contributed by atoms with Gasteiger partial charge in [-0.2, -0.15) is 0 Å². The first-order chi connectivity index (χ1) is 8.54. The molecule has 0 bridgehead atoms. The predicted molar refractivity (Wildman–Crippen MR) is 73.1 cm³/mol. The number of hydrogen-bond donors (Lipinski definition) is 2. The second kappa shape index (κ2) is 5.45. The molecule has 8 heteroatoms. The monoisotopic (exact) mass is 303 g/mol. The molecule has 0 aromatic carbocycles. The number of nitrogens with two attached hydrogens (primary N) is 1. The molecule has 2 aromatic rings. The molecule has 18 heavy (non-hydrogen) atoms. The van der Waals surface area contributed by atoms with E-state index in [0.717, 1.165) is 5.56 Å². The summed E-state index contributed by atoms with van der Waals surface area (Å²) in [5, 5.41) is 3.62. The average molecular weight is 303 g/mol. The van der Waals surface area contributed by atoms with Crippen LogP contribution in [0.15, 0.2) is 21.2 Å². The fourth-order valence-electron chi connectivity index (χ4n) is 1.56. The first-order valence-corrected chi connectivity index (χ1v) is 8.49. The Bertz CT molecular complexity index is 617. The Hall–Kier alpha value is -0.800. The van der Waals surface area contributed by atoms with Crippen LogP contribution in [-0.2, 0) is 23.1 Å². The molecular formula is C10H13N3O2S3. The zero-order valence-electron chi connectivity index (χ0n) is 9.71. The smallest absolute Gasteiger partial charge is 0.242 e. The Balaban J connectivity index is 2.22. The summed E-state index contributed by atoms with van der Waals surface area (Å²) in [5.41, 5.74) is 8.67. The molecule has 0 amide bonds. The maximum Gasteiger partial charge on any atom is 0.242 e. The van der Waals surface area contributed by atoms with Gasteiger partial charge in [-0.05, 0) is 17.9 Å². The van der Waals surface area contributed by atoms with Gasteiger partial charge in [-0.25, -0.2) is 18.1 Å². The molecule has 0 radical (unpaired) electrons. The van der Waals surface area contributed by atoms with Gasteiger partial charge in [-0.1, -0.05) is 0 Å². The third-order valence-electron chi connectivity index (χ3n) is 2.37. The van der Waals surface area contributed by atoms with E-state index in [-0.39, 0.29) is 13.1 Å². The van der Waals surface area contributed by atoms with Gasteiger partial charge in [-0.3, -0.25) is 0 Å². The first kappa shape index (κ1) is 13.6. The molecular weight excluding hydrogens is 290 g/mol. The Morgan fingerprint density at radius 2 is 2.22 bits per heavy atom. The Kier molecular flexibility index (Phi) is 4.13. The molecule has 0 fully saturated rings. The van der Waals surface area contributed by atoms with Crippen molar-refractivity contribution in [2.45, 2.75) is 24.9 Å². The molecule has 2 aromatic heterocycles. The van der Waals surface area contributed by atoms with Crippen LogP contribution in [0.3, 0.4) is 0 Å². The number of hydrogen-bond acceptors (Lipinski definition) is 6. The molecule has 0 aliphatic heterocycles. The highest BCUT2D eigenvalue weighted by Gasteiger charge is 2.22. The van der Waals surface area contributed by atoms with Crippen molar-refractivity contribution < 1.29 is 8.42 Å². The largest absolute Gasteiger partial charge is 0.326 e. The van der Waals surface area contributed by atoms with Crippen molar-refractivity contribution in [1.29, 1.82) is 0 Å². The van der Waals surface area contributed by atoms with E-state index >= 15 is 0 Å². The minimum absolute atomic E-state index is 0.200. The van der Waals surface area contributed by atoms with Gasteiger partial charge in [0.15, 0.2) is 0 Å². The number of nitrogens with zero attached hydrogens (tertiary/aromatic N) is 1. The lowest BCUT2D eigenvalue weighted by Crippen LogP contribution is -2.24. The second-order valence-corrected chi connectivity index (χ2v) is 7.07. The van der Waals surface area contributed by atoms with Crippen molar-refractivity contribution in [3.05, 3.63) is 32.4 Å². The Morgan fingerprint density at radius 3 is 2.83 bits per heavy atom. The van der Waals surface area contributed by atoms with Crippen LogP contribution >= 0.6 is 22.7 Å². The summed E-state index contributed by atoms with van der Waals surface area (Å²) in [6.45, 7) is 2.20. The van der Waals surface area contributed by atoms with Gasteiger partial charge in [0.2, 0.25) is 10.0 Å². The molecule has 2 heterocycles. The summed E-state index contributed by atoms with van der Waals surface area (Å²) < 4.78 is 27.0. The number of aromatic nitrogens is 1. The van der Waals surface area contributed by atoms with Crippen LogP contribution in [0.5, 0.6) is 0 Å². The highest BCUT2D eigenvalue weighted by Crippen LogP contribution is 2.26. The SMILES string of the molecule is Cc1csc(CN)c1S(=O)(=O)NCc1cscn1. The molecule has 0 aliphatic rings. The Labute approximate surface area is 114 Å². The molecule has 0 saturated heterocycles. The number of rotatable bonds is 5. The summed E-state index contributed by atoms with van der Waals surface area (Å²) in [4.78, 5) is 5.02. The van der Waals surface area contributed by atoms with Gasteiger partial charge < -0.3 is 5.73 Å². The maximum absolute atomic E-state index is 12.2. The third kappa shape index (κ3) is 2.78. The number of sulfonamides is 1. The summed E-state index contributed by atoms with van der Waals surface area (Å²) in [6, 6.07) is 0. The summed E-state index contributed by atoms with van der Waals surface area (Å²) in [6.07, 6.45) is 0. The predicted octanol–water partition coefficient (Wildman–Crippen LogP) is 1.45. The van der Waals surface area contributed by atoms with E-state index in [1.807, 2.05) is 5.38 Å². The van der Waals surface area contributed by atoms with Crippen LogP contribution < -0.4 is 10.5 Å². The first-order valence-electron chi connectivity index (χ1n) is 5.18. The highest BCUT2D eigenvalue weighted by atomic mass is 32.2. The number of nitrogens with one attached hydrogen (secondary N) is 1. The lowest BCUT2D eigenvalue weighted by atomic mass is 10.3. The molecule has 98 valence electrons. The van der Waals surface area contributed by atoms with Crippen molar-refractivity contribution in [3.63, 3.8) is 0 Å². The van der Waals surface area contributed by atoms with E-state index in [0.29, 0.717) is 15.5 Å². The third-order valence-corrected chi connectivity index (χ3v) is 5.89. The zero-order valence-corrected chi connectivity index (χ0v) is 12.2. The summed E-state index contributed by atoms with van der Waals surface area (Å²) in [7, 11) is -3.52. The lowest BCUT2D eigenvalue weighted by molar-refractivity contribution is 0.579. The molecule has 3 N–H and O–H groups in total. The molecule has 0 unspecified atom stereocenters. The number of thiazole rings is 1.